The predicted octanol–water partition coefficient (Wildman–Crippen LogP) is 25.0. The maximum atomic E-state index is 13.1. The molecule has 0 spiro atoms. The van der Waals surface area contributed by atoms with E-state index >= 15 is 0 Å². The van der Waals surface area contributed by atoms with Gasteiger partial charge in [0, 0.05) is 25.7 Å². The van der Waals surface area contributed by atoms with Gasteiger partial charge in [0.25, 0.3) is 0 Å². The van der Waals surface area contributed by atoms with Gasteiger partial charge in [-0.3, -0.25) is 37.3 Å². The molecule has 0 aliphatic rings. The number of ether oxygens (including phenoxy) is 4. The van der Waals surface area contributed by atoms with Crippen molar-refractivity contribution in [3.63, 3.8) is 0 Å². The van der Waals surface area contributed by atoms with Crippen LogP contribution in [-0.4, -0.2) is 96.7 Å². The smallest absolute Gasteiger partial charge is 0.462 e. The molecular weight excluding hydrogens is 1400 g/mol. The molecule has 0 aromatic carbocycles. The molecule has 4 atom stereocenters. The maximum Gasteiger partial charge on any atom is 0.472 e. The Bertz CT molecular complexity index is 2440. The molecule has 0 amide bonds. The van der Waals surface area contributed by atoms with Gasteiger partial charge in [-0.1, -0.05) is 353 Å². The summed E-state index contributed by atoms with van der Waals surface area (Å²) >= 11 is 0. The fourth-order valence-electron chi connectivity index (χ4n) is 11.0. The second kappa shape index (κ2) is 80.0. The van der Waals surface area contributed by atoms with Crippen LogP contribution in [0.3, 0.4) is 0 Å². The monoisotopic (exact) mass is 1550 g/mol. The van der Waals surface area contributed by atoms with Crippen LogP contribution in [0, 0.1) is 0 Å². The van der Waals surface area contributed by atoms with Gasteiger partial charge < -0.3 is 33.8 Å². The highest BCUT2D eigenvalue weighted by molar-refractivity contribution is 7.47. The summed E-state index contributed by atoms with van der Waals surface area (Å²) in [5.41, 5.74) is 0. The van der Waals surface area contributed by atoms with Crippen LogP contribution >= 0.6 is 15.6 Å². The number of aliphatic hydroxyl groups is 1. The number of aliphatic hydroxyl groups excluding tert-OH is 1. The van der Waals surface area contributed by atoms with E-state index in [1.165, 1.54) is 128 Å². The van der Waals surface area contributed by atoms with Crippen molar-refractivity contribution in [1.29, 1.82) is 0 Å². The van der Waals surface area contributed by atoms with Gasteiger partial charge in [0.15, 0.2) is 12.2 Å². The molecule has 3 N–H and O–H groups in total. The average Bonchev–Trinajstić information content (AvgIpc) is 0.923. The number of allylic oxidation sites excluding steroid dienone is 24. The molecule has 0 saturated carbocycles. The van der Waals surface area contributed by atoms with Gasteiger partial charge in [-0.25, -0.2) is 9.13 Å². The second-order valence-electron chi connectivity index (χ2n) is 27.7. The Morgan fingerprint density at radius 3 is 0.722 bits per heavy atom. The molecule has 0 aromatic heterocycles. The van der Waals surface area contributed by atoms with Crippen molar-refractivity contribution in [1.82, 2.24) is 0 Å². The van der Waals surface area contributed by atoms with Crippen LogP contribution in [0.5, 0.6) is 0 Å². The lowest BCUT2D eigenvalue weighted by Crippen LogP contribution is -2.30. The minimum absolute atomic E-state index is 0.0338. The van der Waals surface area contributed by atoms with E-state index < -0.39 is 97.5 Å². The number of carbonyl (C=O) groups is 4. The Morgan fingerprint density at radius 2 is 0.481 bits per heavy atom. The maximum absolute atomic E-state index is 13.1. The zero-order valence-electron chi connectivity index (χ0n) is 67.7. The van der Waals surface area contributed by atoms with E-state index in [9.17, 15) is 43.2 Å². The zero-order valence-corrected chi connectivity index (χ0v) is 69.5. The quantitative estimate of drug-likeness (QED) is 0.0169. The molecule has 0 radical (unpaired) electrons. The summed E-state index contributed by atoms with van der Waals surface area (Å²) < 4.78 is 68.6. The van der Waals surface area contributed by atoms with E-state index in [1.54, 1.807) is 0 Å². The van der Waals surface area contributed by atoms with Crippen LogP contribution in [0.1, 0.15) is 336 Å². The van der Waals surface area contributed by atoms with Crippen molar-refractivity contribution in [3.8, 4) is 0 Å². The molecule has 0 aliphatic carbocycles. The summed E-state index contributed by atoms with van der Waals surface area (Å²) in [5, 5.41) is 10.7. The van der Waals surface area contributed by atoms with Crippen LogP contribution < -0.4 is 0 Å². The first kappa shape index (κ1) is 103. The Morgan fingerprint density at radius 1 is 0.269 bits per heavy atom. The lowest BCUT2D eigenvalue weighted by atomic mass is 10.0. The van der Waals surface area contributed by atoms with E-state index in [0.29, 0.717) is 38.5 Å². The van der Waals surface area contributed by atoms with E-state index in [1.807, 2.05) is 36.5 Å². The van der Waals surface area contributed by atoms with Gasteiger partial charge in [0.2, 0.25) is 0 Å². The van der Waals surface area contributed by atoms with Crippen LogP contribution in [-0.2, 0) is 65.4 Å². The first-order valence-corrected chi connectivity index (χ1v) is 45.1. The number of esters is 4. The van der Waals surface area contributed by atoms with Crippen molar-refractivity contribution in [2.75, 3.05) is 39.6 Å². The first-order valence-electron chi connectivity index (χ1n) is 42.1. The predicted molar refractivity (Wildman–Crippen MR) is 445 cm³/mol. The Balaban J connectivity index is 5.48. The normalized spacial score (nSPS) is 14.5. The van der Waals surface area contributed by atoms with Crippen LogP contribution in [0.15, 0.2) is 146 Å². The van der Waals surface area contributed by atoms with Crippen molar-refractivity contribution < 1.29 is 80.2 Å². The lowest BCUT2D eigenvalue weighted by molar-refractivity contribution is -0.161. The van der Waals surface area contributed by atoms with E-state index in [2.05, 4.69) is 137 Å². The third kappa shape index (κ3) is 79.0. The highest BCUT2D eigenvalue weighted by Gasteiger charge is 2.30. The number of phosphoric ester groups is 2. The molecule has 0 fully saturated rings. The SMILES string of the molecule is CC/C=C\C/C=C\C/C=C\C/C=C\C/C=C\C/C=C\CCC(=O)OC[C@H](COP(=O)(O)OCC(O)COP(=O)(O)OC[C@@H](COC(=O)CC/C=C\C/C=C\C/C=C\C/C=C\C/C=C\C/C=C\CC)OC(=O)CCCCCCCCCCCCCCCCC)OC(=O)CCCCCCCCCCCCCCCCC. The third-order valence-electron chi connectivity index (χ3n) is 17.4. The van der Waals surface area contributed by atoms with Crippen LogP contribution in [0.2, 0.25) is 0 Å². The second-order valence-corrected chi connectivity index (χ2v) is 30.6. The minimum atomic E-state index is -5.00. The average molecular weight is 1550 g/mol. The van der Waals surface area contributed by atoms with Crippen molar-refractivity contribution in [3.05, 3.63) is 146 Å². The van der Waals surface area contributed by atoms with Gasteiger partial charge in [0.05, 0.1) is 26.4 Å². The number of carbonyl (C=O) groups excluding carboxylic acids is 4. The highest BCUT2D eigenvalue weighted by Crippen LogP contribution is 2.45. The highest BCUT2D eigenvalue weighted by atomic mass is 31.2. The molecular formula is C89H150O17P2. The van der Waals surface area contributed by atoms with Gasteiger partial charge in [-0.15, -0.1) is 0 Å². The molecule has 0 heterocycles. The molecule has 2 unspecified atom stereocenters. The molecule has 0 aromatic rings. The Hall–Kier alpha value is -5.06. The van der Waals surface area contributed by atoms with E-state index in [4.69, 9.17) is 37.0 Å². The largest absolute Gasteiger partial charge is 0.472 e. The number of hydrogen-bond donors (Lipinski definition) is 3. The van der Waals surface area contributed by atoms with E-state index in [0.717, 1.165) is 116 Å². The minimum Gasteiger partial charge on any atom is -0.462 e. The molecule has 19 heteroatoms. The van der Waals surface area contributed by atoms with Crippen molar-refractivity contribution in [2.24, 2.45) is 0 Å². The summed E-state index contributed by atoms with van der Waals surface area (Å²) in [7, 11) is -10.0. The molecule has 0 saturated heterocycles. The fourth-order valence-corrected chi connectivity index (χ4v) is 12.6. The van der Waals surface area contributed by atoms with Gasteiger partial charge in [0.1, 0.15) is 19.3 Å². The van der Waals surface area contributed by atoms with E-state index in [-0.39, 0.29) is 25.7 Å². The summed E-state index contributed by atoms with van der Waals surface area (Å²) in [6.45, 7) is 4.52. The summed E-state index contributed by atoms with van der Waals surface area (Å²) in [6, 6.07) is 0. The molecule has 0 aliphatic heterocycles. The molecule has 108 heavy (non-hydrogen) atoms. The number of hydrogen-bond acceptors (Lipinski definition) is 15. The topological polar surface area (TPSA) is 237 Å². The molecule has 0 rings (SSSR count). The standard InChI is InChI=1S/C89H150O17P2/c1-5-9-13-17-21-25-29-33-37-39-41-43-47-49-53-57-61-65-69-73-86(91)99-79-84(105-88(93)75-71-67-63-59-55-51-45-35-31-27-23-19-15-11-7-3)81-103-107(95,96)101-77-83(90)78-102-108(97,98)104-82-85(106-89(94)76-72-68-64-60-56-52-46-36-32-28-24-20-16-12-8-4)80-100-87(92)74-70-66-62-58-54-50-48-44-42-40-38-34-30-26-22-18-14-10-6-2/h9-10,13-14,21-22,25-26,33-34,37-38,41-44,49-50,53-54,61-62,65-66,83-85,90H,5-8,11-12,15-20,23-24,27-32,35-36,39-40,45-48,51-52,55-60,63-64,67-82H2,1-4H3,(H,95,96)(H,97,98)/b13-9-,14-10-,25-21-,26-22-,37-33-,38-34-,43-41-,44-42-,53-49-,54-50-,65-61-,66-62-/t84-,85-/m1/s1. The molecule has 0 bridgehead atoms. The lowest BCUT2D eigenvalue weighted by Gasteiger charge is -2.21. The molecule has 618 valence electrons. The molecule has 17 nitrogen and oxygen atoms in total. The van der Waals surface area contributed by atoms with Crippen molar-refractivity contribution >= 4 is 39.5 Å². The number of rotatable bonds is 78. The number of phosphoric acid groups is 2. The van der Waals surface area contributed by atoms with Gasteiger partial charge >= 0.3 is 39.5 Å². The van der Waals surface area contributed by atoms with Crippen molar-refractivity contribution in [2.45, 2.75) is 354 Å². The Labute approximate surface area is 656 Å². The summed E-state index contributed by atoms with van der Waals surface area (Å²) in [6.07, 6.45) is 92.7. The van der Waals surface area contributed by atoms with Gasteiger partial charge in [-0.05, 0) is 103 Å². The zero-order chi connectivity index (χ0) is 78.9. The first-order chi connectivity index (χ1) is 52.7. The van der Waals surface area contributed by atoms with Crippen LogP contribution in [0.25, 0.3) is 0 Å². The summed E-state index contributed by atoms with van der Waals surface area (Å²) in [4.78, 5) is 73.1. The number of unbranched alkanes of at least 4 members (excludes halogenated alkanes) is 28. The van der Waals surface area contributed by atoms with Gasteiger partial charge in [-0.2, -0.15) is 0 Å². The third-order valence-corrected chi connectivity index (χ3v) is 19.3. The summed E-state index contributed by atoms with van der Waals surface area (Å²) in [5.74, 6) is -2.36. The van der Waals surface area contributed by atoms with Crippen LogP contribution in [0.4, 0.5) is 0 Å². The Kier molecular flexibility index (Phi) is 76.3. The fraction of sp³-hybridized carbons (Fsp3) is 0.685.